The number of aromatic nitrogens is 1. The fraction of sp³-hybridized carbons (Fsp3) is 0.455. The number of para-hydroxylation sites is 1. The molecule has 5 atom stereocenters. The zero-order valence-corrected chi connectivity index (χ0v) is 24.2. The number of Topliss-reactive ketones (excluding diaryl/α,β-unsaturated/α-hetero) is 1. The van der Waals surface area contributed by atoms with Crippen LogP contribution in [0.4, 0.5) is 4.39 Å². The quantitative estimate of drug-likeness (QED) is 0.355. The SMILES string of the molecule is O=C1C[C@]2(C(=O)O)C[C@@H]2/C=C\CCCCC[C@H](Cc2ccc(F)cc2)C(=O)N2C[C@H](Oc3nc4ccccc4s3)C[C@@H]12. The Labute approximate surface area is 248 Å². The van der Waals surface area contributed by atoms with E-state index >= 15 is 0 Å². The average molecular weight is 591 g/mol. The van der Waals surface area contributed by atoms with E-state index in [0.717, 1.165) is 41.5 Å². The number of ether oxygens (including phenoxy) is 1. The van der Waals surface area contributed by atoms with Crippen LogP contribution in [0.5, 0.6) is 5.19 Å². The van der Waals surface area contributed by atoms with Crippen molar-refractivity contribution in [2.24, 2.45) is 17.3 Å². The largest absolute Gasteiger partial charge is 0.481 e. The van der Waals surface area contributed by atoms with Gasteiger partial charge in [-0.15, -0.1) is 0 Å². The molecular formula is C33H35FN2O5S. The highest BCUT2D eigenvalue weighted by molar-refractivity contribution is 7.20. The molecular weight excluding hydrogens is 555 g/mol. The third-order valence-corrected chi connectivity index (χ3v) is 9.97. The summed E-state index contributed by atoms with van der Waals surface area (Å²) >= 11 is 1.42. The molecule has 7 nitrogen and oxygen atoms in total. The summed E-state index contributed by atoms with van der Waals surface area (Å²) in [5.41, 5.74) is 0.584. The molecule has 9 heteroatoms. The number of carbonyl (C=O) groups is 3. The number of amides is 1. The molecule has 2 aliphatic heterocycles. The number of thiazole rings is 1. The van der Waals surface area contributed by atoms with Crippen LogP contribution < -0.4 is 4.74 Å². The second-order valence-corrected chi connectivity index (χ2v) is 12.9. The fourth-order valence-electron chi connectivity index (χ4n) is 6.56. The third kappa shape index (κ3) is 5.98. The first kappa shape index (κ1) is 28.5. The Hall–Kier alpha value is -3.59. The topological polar surface area (TPSA) is 96.8 Å². The first-order valence-corrected chi connectivity index (χ1v) is 15.6. The van der Waals surface area contributed by atoms with Crippen molar-refractivity contribution in [2.45, 2.75) is 69.9 Å². The molecule has 1 aromatic heterocycles. The van der Waals surface area contributed by atoms with E-state index in [1.807, 2.05) is 36.4 Å². The van der Waals surface area contributed by atoms with Gasteiger partial charge in [0.1, 0.15) is 11.9 Å². The van der Waals surface area contributed by atoms with Crippen LogP contribution in [0.25, 0.3) is 10.2 Å². The minimum atomic E-state index is -1.11. The number of carboxylic acid groups (broad SMARTS) is 1. The number of hydrogen-bond donors (Lipinski definition) is 1. The molecule has 1 N–H and O–H groups in total. The van der Waals surface area contributed by atoms with Crippen molar-refractivity contribution in [3.8, 4) is 5.19 Å². The van der Waals surface area contributed by atoms with E-state index in [1.165, 1.54) is 23.5 Å². The lowest BCUT2D eigenvalue weighted by molar-refractivity contribution is -0.147. The van der Waals surface area contributed by atoms with Gasteiger partial charge in [-0.1, -0.05) is 60.6 Å². The number of ketones is 1. The zero-order valence-electron chi connectivity index (χ0n) is 23.4. The second-order valence-electron chi connectivity index (χ2n) is 11.9. The number of hydrogen-bond acceptors (Lipinski definition) is 6. The van der Waals surface area contributed by atoms with Crippen LogP contribution in [0, 0.1) is 23.1 Å². The van der Waals surface area contributed by atoms with Gasteiger partial charge in [0.25, 0.3) is 5.19 Å². The molecule has 0 radical (unpaired) electrons. The summed E-state index contributed by atoms with van der Waals surface area (Å²) in [5.74, 6) is -2.19. The summed E-state index contributed by atoms with van der Waals surface area (Å²) in [7, 11) is 0. The van der Waals surface area contributed by atoms with Gasteiger partial charge in [0.15, 0.2) is 5.78 Å². The molecule has 0 unspecified atom stereocenters. The predicted octanol–water partition coefficient (Wildman–Crippen LogP) is 6.21. The molecule has 42 heavy (non-hydrogen) atoms. The number of carbonyl (C=O) groups excluding carboxylic acids is 2. The smallest absolute Gasteiger partial charge is 0.310 e. The Morgan fingerprint density at radius 2 is 1.93 bits per heavy atom. The minimum Gasteiger partial charge on any atom is -0.481 e. The van der Waals surface area contributed by atoms with Gasteiger partial charge in [0, 0.05) is 18.8 Å². The van der Waals surface area contributed by atoms with Gasteiger partial charge in [-0.2, -0.15) is 0 Å². The number of carboxylic acids is 1. The van der Waals surface area contributed by atoms with Crippen LogP contribution in [0.15, 0.2) is 60.7 Å². The molecule has 1 amide bonds. The van der Waals surface area contributed by atoms with Crippen molar-refractivity contribution >= 4 is 39.2 Å². The van der Waals surface area contributed by atoms with E-state index in [0.29, 0.717) is 30.9 Å². The van der Waals surface area contributed by atoms with Crippen LogP contribution >= 0.6 is 11.3 Å². The van der Waals surface area contributed by atoms with Gasteiger partial charge in [0.05, 0.1) is 28.2 Å². The maximum Gasteiger partial charge on any atom is 0.310 e. The molecule has 3 aromatic rings. The standard InChI is InChI=1S/C33H35FN2O5S/c34-24-14-12-21(13-15-24)16-22-8-4-2-1-3-5-9-23-18-33(23,31(39)40)19-28(37)27-17-25(20-36(27)30(22)38)41-32-35-26-10-6-7-11-29(26)42-32/h5-7,9-15,22-23,25,27H,1-4,8,16-20H2,(H,39,40)/b9-5-/t22-,23+,25-,27+,33-/m1/s1. The zero-order chi connectivity index (χ0) is 29.3. The van der Waals surface area contributed by atoms with Crippen molar-refractivity contribution in [3.05, 3.63) is 72.1 Å². The number of halogens is 1. The molecule has 2 aromatic carbocycles. The van der Waals surface area contributed by atoms with Crippen molar-refractivity contribution in [2.75, 3.05) is 6.54 Å². The molecule has 3 heterocycles. The van der Waals surface area contributed by atoms with E-state index in [4.69, 9.17) is 4.74 Å². The van der Waals surface area contributed by atoms with E-state index in [1.54, 1.807) is 17.0 Å². The van der Waals surface area contributed by atoms with Crippen molar-refractivity contribution in [1.82, 2.24) is 9.88 Å². The molecule has 1 saturated carbocycles. The highest BCUT2D eigenvalue weighted by atomic mass is 32.1. The first-order chi connectivity index (χ1) is 20.3. The average Bonchev–Trinajstić information content (AvgIpc) is 3.29. The number of benzene rings is 2. The van der Waals surface area contributed by atoms with Crippen LogP contribution in [0.1, 0.15) is 56.9 Å². The van der Waals surface area contributed by atoms with Crippen LogP contribution in [0.2, 0.25) is 0 Å². The lowest BCUT2D eigenvalue weighted by atomic mass is 9.90. The Morgan fingerprint density at radius 3 is 2.71 bits per heavy atom. The predicted molar refractivity (Wildman–Crippen MR) is 158 cm³/mol. The summed E-state index contributed by atoms with van der Waals surface area (Å²) in [6.45, 7) is 0.231. The summed E-state index contributed by atoms with van der Waals surface area (Å²) in [6.07, 6.45) is 8.88. The molecule has 6 rings (SSSR count). The molecule has 2 fully saturated rings. The second kappa shape index (κ2) is 12.0. The molecule has 1 aliphatic carbocycles. The van der Waals surface area contributed by atoms with Crippen molar-refractivity contribution in [1.29, 1.82) is 0 Å². The Morgan fingerprint density at radius 1 is 1.12 bits per heavy atom. The van der Waals surface area contributed by atoms with E-state index < -0.39 is 23.5 Å². The number of allylic oxidation sites excluding steroid dienone is 2. The number of aliphatic carboxylic acids is 1. The molecule has 0 bridgehead atoms. The fourth-order valence-corrected chi connectivity index (χ4v) is 7.44. The third-order valence-electron chi connectivity index (χ3n) is 9.04. The van der Waals surface area contributed by atoms with Crippen LogP contribution in [-0.2, 0) is 20.8 Å². The minimum absolute atomic E-state index is 0.109. The summed E-state index contributed by atoms with van der Waals surface area (Å²) in [4.78, 5) is 46.7. The van der Waals surface area contributed by atoms with Gasteiger partial charge < -0.3 is 14.7 Å². The van der Waals surface area contributed by atoms with Gasteiger partial charge in [-0.3, -0.25) is 14.4 Å². The molecule has 220 valence electrons. The van der Waals surface area contributed by atoms with E-state index in [-0.39, 0.29) is 42.3 Å². The van der Waals surface area contributed by atoms with Gasteiger partial charge in [-0.25, -0.2) is 9.37 Å². The lowest BCUT2D eigenvalue weighted by Crippen LogP contribution is -2.45. The number of fused-ring (bicyclic) bond motifs is 3. The van der Waals surface area contributed by atoms with Crippen molar-refractivity contribution < 1.29 is 28.6 Å². The van der Waals surface area contributed by atoms with Crippen LogP contribution in [-0.4, -0.2) is 51.3 Å². The summed E-state index contributed by atoms with van der Waals surface area (Å²) < 4.78 is 20.9. The number of rotatable bonds is 5. The van der Waals surface area contributed by atoms with Crippen LogP contribution in [0.3, 0.4) is 0 Å². The Kier molecular flexibility index (Phi) is 8.12. The monoisotopic (exact) mass is 590 g/mol. The van der Waals surface area contributed by atoms with Gasteiger partial charge in [0.2, 0.25) is 5.91 Å². The van der Waals surface area contributed by atoms with E-state index in [9.17, 15) is 23.9 Å². The molecule has 3 aliphatic rings. The maximum absolute atomic E-state index is 14.2. The van der Waals surface area contributed by atoms with Crippen molar-refractivity contribution in [3.63, 3.8) is 0 Å². The summed E-state index contributed by atoms with van der Waals surface area (Å²) in [5, 5.41) is 10.6. The Balaban J connectivity index is 1.28. The van der Waals surface area contributed by atoms with Gasteiger partial charge in [-0.05, 0) is 67.9 Å². The lowest BCUT2D eigenvalue weighted by Gasteiger charge is -2.29. The summed E-state index contributed by atoms with van der Waals surface area (Å²) in [6, 6.07) is 13.2. The normalized spacial score (nSPS) is 29.3. The first-order valence-electron chi connectivity index (χ1n) is 14.8. The molecule has 0 spiro atoms. The van der Waals surface area contributed by atoms with Gasteiger partial charge >= 0.3 is 5.97 Å². The Bertz CT molecular complexity index is 1470. The van der Waals surface area contributed by atoms with E-state index in [2.05, 4.69) is 4.98 Å². The highest BCUT2D eigenvalue weighted by Gasteiger charge is 2.61. The molecule has 1 saturated heterocycles. The maximum atomic E-state index is 14.2. The number of nitrogens with zero attached hydrogens (tertiary/aromatic N) is 2. The highest BCUT2D eigenvalue weighted by Crippen LogP contribution is 2.57.